The van der Waals surface area contributed by atoms with Crippen molar-refractivity contribution >= 4 is 5.97 Å². The molecule has 0 amide bonds. The van der Waals surface area contributed by atoms with Crippen LogP contribution in [0, 0.1) is 5.92 Å². The summed E-state index contributed by atoms with van der Waals surface area (Å²) in [6.45, 7) is 6.38. The first kappa shape index (κ1) is 9.14. The number of halogens is 1. The number of hydrogen-bond donors (Lipinski definition) is 0. The molecule has 0 fully saturated rings. The fourth-order valence-corrected chi connectivity index (χ4v) is 0.295. The smallest absolute Gasteiger partial charge is 0.332 e. The SMILES string of the molecule is C=CC(=O)OC(F)C(C)C. The maximum atomic E-state index is 12.5. The molecular formula is C7H11FO2. The Bertz CT molecular complexity index is 132. The summed E-state index contributed by atoms with van der Waals surface area (Å²) in [6, 6.07) is 0. The van der Waals surface area contributed by atoms with Crippen LogP contribution < -0.4 is 0 Å². The summed E-state index contributed by atoms with van der Waals surface area (Å²) in [5.41, 5.74) is 0. The predicted molar refractivity (Wildman–Crippen MR) is 36.0 cm³/mol. The molecular weight excluding hydrogens is 135 g/mol. The van der Waals surface area contributed by atoms with Crippen LogP contribution in [0.1, 0.15) is 13.8 Å². The number of rotatable bonds is 3. The molecule has 10 heavy (non-hydrogen) atoms. The van der Waals surface area contributed by atoms with Crippen molar-refractivity contribution in [3.8, 4) is 0 Å². The number of carbonyl (C=O) groups excluding carboxylic acids is 1. The van der Waals surface area contributed by atoms with Gasteiger partial charge in [0.15, 0.2) is 0 Å². The molecule has 0 N–H and O–H groups in total. The molecule has 0 aromatic rings. The van der Waals surface area contributed by atoms with Gasteiger partial charge in [-0.15, -0.1) is 0 Å². The zero-order valence-corrected chi connectivity index (χ0v) is 6.13. The summed E-state index contributed by atoms with van der Waals surface area (Å²) in [4.78, 5) is 10.3. The normalized spacial score (nSPS) is 12.8. The van der Waals surface area contributed by atoms with E-state index in [1.165, 1.54) is 0 Å². The van der Waals surface area contributed by atoms with E-state index in [0.717, 1.165) is 6.08 Å². The van der Waals surface area contributed by atoms with E-state index in [9.17, 15) is 9.18 Å². The monoisotopic (exact) mass is 146 g/mol. The average molecular weight is 146 g/mol. The Morgan fingerprint density at radius 1 is 1.70 bits per heavy atom. The van der Waals surface area contributed by atoms with Gasteiger partial charge in [0.05, 0.1) is 0 Å². The average Bonchev–Trinajstić information content (AvgIpc) is 1.87. The summed E-state index contributed by atoms with van der Waals surface area (Å²) in [7, 11) is 0. The number of esters is 1. The van der Waals surface area contributed by atoms with Crippen LogP contribution >= 0.6 is 0 Å². The molecule has 0 aromatic heterocycles. The summed E-state index contributed by atoms with van der Waals surface area (Å²) < 4.78 is 16.7. The van der Waals surface area contributed by atoms with Gasteiger partial charge in [-0.25, -0.2) is 9.18 Å². The second-order valence-electron chi connectivity index (χ2n) is 2.24. The lowest BCUT2D eigenvalue weighted by Crippen LogP contribution is -2.17. The summed E-state index contributed by atoms with van der Waals surface area (Å²) in [5.74, 6) is -1.02. The van der Waals surface area contributed by atoms with E-state index in [2.05, 4.69) is 11.3 Å². The van der Waals surface area contributed by atoms with E-state index < -0.39 is 12.3 Å². The topological polar surface area (TPSA) is 26.3 Å². The van der Waals surface area contributed by atoms with Gasteiger partial charge in [0, 0.05) is 12.0 Å². The second-order valence-corrected chi connectivity index (χ2v) is 2.24. The quantitative estimate of drug-likeness (QED) is 0.447. The van der Waals surface area contributed by atoms with Crippen LogP contribution in [0.5, 0.6) is 0 Å². The van der Waals surface area contributed by atoms with Crippen molar-refractivity contribution in [1.29, 1.82) is 0 Å². The number of ether oxygens (including phenoxy) is 1. The molecule has 0 bridgehead atoms. The van der Waals surface area contributed by atoms with Gasteiger partial charge in [-0.05, 0) is 0 Å². The van der Waals surface area contributed by atoms with Crippen molar-refractivity contribution in [2.45, 2.75) is 20.2 Å². The van der Waals surface area contributed by atoms with Gasteiger partial charge in [-0.1, -0.05) is 20.4 Å². The standard InChI is InChI=1S/C7H11FO2/c1-4-6(9)10-7(8)5(2)3/h4-5,7H,1H2,2-3H3. The van der Waals surface area contributed by atoms with Gasteiger partial charge >= 0.3 is 5.97 Å². The zero-order chi connectivity index (χ0) is 8.15. The van der Waals surface area contributed by atoms with Crippen molar-refractivity contribution < 1.29 is 13.9 Å². The van der Waals surface area contributed by atoms with Crippen LogP contribution in [-0.4, -0.2) is 12.3 Å². The van der Waals surface area contributed by atoms with Gasteiger partial charge in [-0.3, -0.25) is 0 Å². The fraction of sp³-hybridized carbons (Fsp3) is 0.571. The first-order valence-corrected chi connectivity index (χ1v) is 3.05. The van der Waals surface area contributed by atoms with Gasteiger partial charge < -0.3 is 4.74 Å². The Balaban J connectivity index is 3.67. The van der Waals surface area contributed by atoms with Gasteiger partial charge in [0.2, 0.25) is 6.36 Å². The van der Waals surface area contributed by atoms with Crippen molar-refractivity contribution in [3.05, 3.63) is 12.7 Å². The molecule has 0 heterocycles. The lowest BCUT2D eigenvalue weighted by atomic mass is 10.2. The summed E-state index contributed by atoms with van der Waals surface area (Å²) >= 11 is 0. The van der Waals surface area contributed by atoms with E-state index in [4.69, 9.17) is 0 Å². The number of alkyl halides is 1. The molecule has 58 valence electrons. The Labute approximate surface area is 59.7 Å². The van der Waals surface area contributed by atoms with Crippen LogP contribution in [0.3, 0.4) is 0 Å². The highest BCUT2D eigenvalue weighted by atomic mass is 19.1. The molecule has 2 nitrogen and oxygen atoms in total. The third-order valence-electron chi connectivity index (χ3n) is 0.920. The van der Waals surface area contributed by atoms with Crippen LogP contribution in [0.15, 0.2) is 12.7 Å². The highest BCUT2D eigenvalue weighted by Gasteiger charge is 2.13. The Hall–Kier alpha value is -0.860. The maximum Gasteiger partial charge on any atom is 0.332 e. The van der Waals surface area contributed by atoms with Crippen molar-refractivity contribution in [2.24, 2.45) is 5.92 Å². The Morgan fingerprint density at radius 2 is 2.20 bits per heavy atom. The summed E-state index contributed by atoms with van der Waals surface area (Å²) in [6.07, 6.45) is -0.583. The van der Waals surface area contributed by atoms with Gasteiger partial charge in [-0.2, -0.15) is 0 Å². The Morgan fingerprint density at radius 3 is 2.50 bits per heavy atom. The first-order chi connectivity index (χ1) is 4.57. The maximum absolute atomic E-state index is 12.5. The number of carbonyl (C=O) groups is 1. The van der Waals surface area contributed by atoms with Crippen molar-refractivity contribution in [3.63, 3.8) is 0 Å². The van der Waals surface area contributed by atoms with E-state index in [1.807, 2.05) is 0 Å². The van der Waals surface area contributed by atoms with Crippen molar-refractivity contribution in [2.75, 3.05) is 0 Å². The molecule has 0 aliphatic rings. The Kier molecular flexibility index (Phi) is 3.69. The molecule has 0 aliphatic carbocycles. The third-order valence-corrected chi connectivity index (χ3v) is 0.920. The number of hydrogen-bond acceptors (Lipinski definition) is 2. The summed E-state index contributed by atoms with van der Waals surface area (Å²) in [5, 5.41) is 0. The molecule has 3 heteroatoms. The highest BCUT2D eigenvalue weighted by Crippen LogP contribution is 2.07. The van der Waals surface area contributed by atoms with E-state index in [1.54, 1.807) is 13.8 Å². The van der Waals surface area contributed by atoms with Crippen LogP contribution in [-0.2, 0) is 9.53 Å². The first-order valence-electron chi connectivity index (χ1n) is 3.05. The minimum Gasteiger partial charge on any atom is -0.428 e. The second kappa shape index (κ2) is 4.04. The molecule has 1 atom stereocenters. The fourth-order valence-electron chi connectivity index (χ4n) is 0.295. The van der Waals surface area contributed by atoms with Gasteiger partial charge in [0.25, 0.3) is 0 Å². The molecule has 1 unspecified atom stereocenters. The van der Waals surface area contributed by atoms with E-state index in [-0.39, 0.29) is 5.92 Å². The third kappa shape index (κ3) is 3.22. The molecule has 0 aromatic carbocycles. The van der Waals surface area contributed by atoms with Crippen LogP contribution in [0.2, 0.25) is 0 Å². The van der Waals surface area contributed by atoms with Crippen LogP contribution in [0.25, 0.3) is 0 Å². The lowest BCUT2D eigenvalue weighted by molar-refractivity contribution is -0.155. The van der Waals surface area contributed by atoms with Crippen molar-refractivity contribution in [1.82, 2.24) is 0 Å². The molecule has 0 saturated carbocycles. The molecule has 0 rings (SSSR count). The molecule has 0 radical (unpaired) electrons. The van der Waals surface area contributed by atoms with Crippen LogP contribution in [0.4, 0.5) is 4.39 Å². The van der Waals surface area contributed by atoms with E-state index in [0.29, 0.717) is 0 Å². The van der Waals surface area contributed by atoms with Gasteiger partial charge in [0.1, 0.15) is 0 Å². The largest absolute Gasteiger partial charge is 0.428 e. The van der Waals surface area contributed by atoms with E-state index >= 15 is 0 Å². The zero-order valence-electron chi connectivity index (χ0n) is 6.13. The minimum absolute atomic E-state index is 0.302. The molecule has 0 saturated heterocycles. The lowest BCUT2D eigenvalue weighted by Gasteiger charge is -2.10. The molecule has 0 aliphatic heterocycles. The minimum atomic E-state index is -1.52. The highest BCUT2D eigenvalue weighted by molar-refractivity contribution is 5.81. The predicted octanol–water partition coefficient (Wildman–Crippen LogP) is 1.67. The molecule has 0 spiro atoms.